The molecule has 1 fully saturated rings. The van der Waals surface area contributed by atoms with E-state index in [9.17, 15) is 4.79 Å². The highest BCUT2D eigenvalue weighted by Crippen LogP contribution is 2.36. The van der Waals surface area contributed by atoms with Crippen LogP contribution in [0.1, 0.15) is 36.5 Å². The van der Waals surface area contributed by atoms with Gasteiger partial charge < -0.3 is 20.1 Å². The van der Waals surface area contributed by atoms with E-state index in [1.807, 2.05) is 6.92 Å². The quantitative estimate of drug-likeness (QED) is 0.675. The van der Waals surface area contributed by atoms with Crippen molar-refractivity contribution in [2.45, 2.75) is 26.2 Å². The number of carbonyl (C=O) groups is 1. The molecule has 1 amide bonds. The summed E-state index contributed by atoms with van der Waals surface area (Å²) in [5, 5.41) is 6.32. The molecule has 1 atom stereocenters. The highest BCUT2D eigenvalue weighted by molar-refractivity contribution is 9.10. The minimum atomic E-state index is -0.0861. The van der Waals surface area contributed by atoms with Gasteiger partial charge in [-0.05, 0) is 66.3 Å². The Morgan fingerprint density at radius 2 is 2.25 bits per heavy atom. The Balaban J connectivity index is 0.00000288. The molecule has 1 saturated heterocycles. The summed E-state index contributed by atoms with van der Waals surface area (Å²) in [5.74, 6) is 1.79. The van der Waals surface area contributed by atoms with Crippen LogP contribution < -0.4 is 20.1 Å². The Bertz CT molecular complexity index is 537. The zero-order valence-electron chi connectivity index (χ0n) is 14.2. The van der Waals surface area contributed by atoms with E-state index >= 15 is 0 Å². The first-order valence-corrected chi connectivity index (χ1v) is 8.94. The summed E-state index contributed by atoms with van der Waals surface area (Å²) in [6, 6.07) is 3.50. The zero-order valence-corrected chi connectivity index (χ0v) is 16.6. The second-order valence-electron chi connectivity index (χ2n) is 5.74. The molecule has 1 aliphatic heterocycles. The van der Waals surface area contributed by atoms with Crippen LogP contribution >= 0.6 is 28.3 Å². The molecule has 0 bridgehead atoms. The van der Waals surface area contributed by atoms with E-state index < -0.39 is 0 Å². The number of methoxy groups -OCH3 is 1. The smallest absolute Gasteiger partial charge is 0.251 e. The molecule has 0 radical (unpaired) electrons. The SMILES string of the molecule is CCCOc1c(Br)cc(C(=O)NCCC2CCNC2)cc1OC.Cl. The van der Waals surface area contributed by atoms with Crippen LogP contribution in [0.15, 0.2) is 16.6 Å². The lowest BCUT2D eigenvalue weighted by Gasteiger charge is -2.14. The van der Waals surface area contributed by atoms with Gasteiger partial charge in [0.1, 0.15) is 0 Å². The molecular formula is C17H26BrClN2O3. The van der Waals surface area contributed by atoms with Gasteiger partial charge in [-0.2, -0.15) is 0 Å². The van der Waals surface area contributed by atoms with Gasteiger partial charge in [0, 0.05) is 12.1 Å². The topological polar surface area (TPSA) is 59.6 Å². The standard InChI is InChI=1S/C17H25BrN2O3.ClH/c1-3-8-23-16-14(18)9-13(10-15(16)22-2)17(21)20-7-5-12-4-6-19-11-12;/h9-10,12,19H,3-8,11H2,1-2H3,(H,20,21);1H. The molecule has 0 spiro atoms. The van der Waals surface area contributed by atoms with E-state index in [2.05, 4.69) is 26.6 Å². The Morgan fingerprint density at radius 1 is 1.46 bits per heavy atom. The lowest BCUT2D eigenvalue weighted by atomic mass is 10.1. The Hall–Kier alpha value is -0.980. The van der Waals surface area contributed by atoms with Gasteiger partial charge in [0.2, 0.25) is 0 Å². The van der Waals surface area contributed by atoms with Gasteiger partial charge in [0.25, 0.3) is 5.91 Å². The third-order valence-corrected chi connectivity index (χ3v) is 4.53. The summed E-state index contributed by atoms with van der Waals surface area (Å²) in [7, 11) is 1.58. The van der Waals surface area contributed by atoms with Crippen molar-refractivity contribution >= 4 is 34.2 Å². The molecule has 24 heavy (non-hydrogen) atoms. The normalized spacial score (nSPS) is 16.4. The summed E-state index contributed by atoms with van der Waals surface area (Å²) >= 11 is 3.47. The molecule has 136 valence electrons. The second kappa shape index (κ2) is 10.8. The van der Waals surface area contributed by atoms with Gasteiger partial charge in [-0.15, -0.1) is 12.4 Å². The molecule has 0 aromatic heterocycles. The highest BCUT2D eigenvalue weighted by Gasteiger charge is 2.17. The van der Waals surface area contributed by atoms with Gasteiger partial charge in [-0.1, -0.05) is 6.92 Å². The largest absolute Gasteiger partial charge is 0.493 e. The van der Waals surface area contributed by atoms with Crippen LogP contribution in [0.2, 0.25) is 0 Å². The van der Waals surface area contributed by atoms with Crippen LogP contribution in [-0.4, -0.2) is 39.3 Å². The molecule has 7 heteroatoms. The average Bonchev–Trinajstić information content (AvgIpc) is 3.06. The third-order valence-electron chi connectivity index (χ3n) is 3.94. The number of benzene rings is 1. The third kappa shape index (κ3) is 5.83. The molecule has 2 rings (SSSR count). The Labute approximate surface area is 158 Å². The number of hydrogen-bond acceptors (Lipinski definition) is 4. The number of rotatable bonds is 8. The van der Waals surface area contributed by atoms with Gasteiger partial charge in [0.05, 0.1) is 18.2 Å². The average molecular weight is 422 g/mol. The number of hydrogen-bond donors (Lipinski definition) is 2. The van der Waals surface area contributed by atoms with Crippen molar-refractivity contribution < 1.29 is 14.3 Å². The molecule has 1 aromatic carbocycles. The fourth-order valence-corrected chi connectivity index (χ4v) is 3.20. The van der Waals surface area contributed by atoms with E-state index in [4.69, 9.17) is 9.47 Å². The first-order valence-electron chi connectivity index (χ1n) is 8.15. The van der Waals surface area contributed by atoms with Crippen LogP contribution in [-0.2, 0) is 0 Å². The van der Waals surface area contributed by atoms with Crippen LogP contribution in [0.25, 0.3) is 0 Å². The minimum Gasteiger partial charge on any atom is -0.493 e. The Morgan fingerprint density at radius 3 is 2.88 bits per heavy atom. The van der Waals surface area contributed by atoms with Crippen molar-refractivity contribution in [3.05, 3.63) is 22.2 Å². The lowest BCUT2D eigenvalue weighted by Crippen LogP contribution is -2.26. The first kappa shape index (κ1) is 21.1. The molecule has 1 aromatic rings. The number of amides is 1. The fourth-order valence-electron chi connectivity index (χ4n) is 2.65. The molecule has 1 heterocycles. The van der Waals surface area contributed by atoms with Crippen molar-refractivity contribution in [3.63, 3.8) is 0 Å². The summed E-state index contributed by atoms with van der Waals surface area (Å²) in [6.07, 6.45) is 3.11. The summed E-state index contributed by atoms with van der Waals surface area (Å²) in [6.45, 7) is 5.48. The van der Waals surface area contributed by atoms with Crippen LogP contribution in [0.4, 0.5) is 0 Å². The first-order chi connectivity index (χ1) is 11.2. The monoisotopic (exact) mass is 420 g/mol. The number of ether oxygens (including phenoxy) is 2. The van der Waals surface area contributed by atoms with Gasteiger partial charge in [-0.25, -0.2) is 0 Å². The minimum absolute atomic E-state index is 0. The number of halogens is 2. The van der Waals surface area contributed by atoms with Crippen molar-refractivity contribution in [3.8, 4) is 11.5 Å². The second-order valence-corrected chi connectivity index (χ2v) is 6.60. The number of nitrogens with one attached hydrogen (secondary N) is 2. The molecular weight excluding hydrogens is 396 g/mol. The van der Waals surface area contributed by atoms with Crippen LogP contribution in [0.5, 0.6) is 11.5 Å². The molecule has 1 aliphatic rings. The molecule has 5 nitrogen and oxygen atoms in total. The van der Waals surface area contributed by atoms with Crippen LogP contribution in [0, 0.1) is 5.92 Å². The van der Waals surface area contributed by atoms with Crippen molar-refractivity contribution in [2.75, 3.05) is 33.4 Å². The van der Waals surface area contributed by atoms with Crippen molar-refractivity contribution in [1.29, 1.82) is 0 Å². The summed E-state index contributed by atoms with van der Waals surface area (Å²) < 4.78 is 11.8. The fraction of sp³-hybridized carbons (Fsp3) is 0.588. The predicted molar refractivity (Wildman–Crippen MR) is 102 cm³/mol. The van der Waals surface area contributed by atoms with Gasteiger partial charge in [0.15, 0.2) is 11.5 Å². The Kier molecular flexibility index (Phi) is 9.48. The van der Waals surface area contributed by atoms with Crippen LogP contribution in [0.3, 0.4) is 0 Å². The van der Waals surface area contributed by atoms with Crippen molar-refractivity contribution in [2.24, 2.45) is 5.92 Å². The van der Waals surface area contributed by atoms with E-state index in [1.165, 1.54) is 6.42 Å². The van der Waals surface area contributed by atoms with Gasteiger partial charge in [-0.3, -0.25) is 4.79 Å². The van der Waals surface area contributed by atoms with E-state index in [-0.39, 0.29) is 18.3 Å². The summed E-state index contributed by atoms with van der Waals surface area (Å²) in [4.78, 5) is 12.3. The predicted octanol–water partition coefficient (Wildman–Crippen LogP) is 3.40. The maximum Gasteiger partial charge on any atom is 0.251 e. The highest BCUT2D eigenvalue weighted by atomic mass is 79.9. The molecule has 0 aliphatic carbocycles. The van der Waals surface area contributed by atoms with Crippen molar-refractivity contribution in [1.82, 2.24) is 10.6 Å². The maximum absolute atomic E-state index is 12.3. The molecule has 0 saturated carbocycles. The van der Waals surface area contributed by atoms with E-state index in [0.29, 0.717) is 36.1 Å². The maximum atomic E-state index is 12.3. The lowest BCUT2D eigenvalue weighted by molar-refractivity contribution is 0.0951. The zero-order chi connectivity index (χ0) is 16.7. The molecule has 2 N–H and O–H groups in total. The summed E-state index contributed by atoms with van der Waals surface area (Å²) in [5.41, 5.74) is 0.571. The number of carbonyl (C=O) groups excluding carboxylic acids is 1. The molecule has 1 unspecified atom stereocenters. The van der Waals surface area contributed by atoms with Gasteiger partial charge >= 0.3 is 0 Å². The van der Waals surface area contributed by atoms with E-state index in [1.54, 1.807) is 19.2 Å². The van der Waals surface area contributed by atoms with E-state index in [0.717, 1.165) is 30.4 Å².